The average Bonchev–Trinajstić information content (AvgIpc) is 2.19. The smallest absolute Gasteiger partial charge is 0.339 e. The van der Waals surface area contributed by atoms with Crippen molar-refractivity contribution in [3.63, 3.8) is 0 Å². The van der Waals surface area contributed by atoms with Crippen LogP contribution in [0.3, 0.4) is 0 Å². The van der Waals surface area contributed by atoms with E-state index in [0.717, 1.165) is 6.42 Å². The van der Waals surface area contributed by atoms with Crippen LogP contribution in [0, 0.1) is 0 Å². The van der Waals surface area contributed by atoms with Crippen LogP contribution in [-0.4, -0.2) is 11.5 Å². The van der Waals surface area contributed by atoms with Crippen molar-refractivity contribution >= 4 is 17.6 Å². The lowest BCUT2D eigenvalue weighted by atomic mass is 10.2. The lowest BCUT2D eigenvalue weighted by molar-refractivity contribution is 0.0436. The summed E-state index contributed by atoms with van der Waals surface area (Å²) < 4.78 is 5.00. The quantitative estimate of drug-likeness (QED) is 0.566. The van der Waals surface area contributed by atoms with Crippen LogP contribution in [0.25, 0.3) is 0 Å². The van der Waals surface area contributed by atoms with Crippen LogP contribution in [-0.2, 0) is 4.74 Å². The number of hydrogen-bond donors (Lipinski definition) is 0. The monoisotopic (exact) mass is 212 g/mol. The van der Waals surface area contributed by atoms with E-state index in [0.29, 0.717) is 12.0 Å². The van der Waals surface area contributed by atoms with Gasteiger partial charge in [0.05, 0.1) is 5.56 Å². The fourth-order valence-electron chi connectivity index (χ4n) is 1.04. The highest BCUT2D eigenvalue weighted by Gasteiger charge is 2.11. The van der Waals surface area contributed by atoms with E-state index in [-0.39, 0.29) is 5.97 Å². The lowest BCUT2D eigenvalue weighted by Gasteiger charge is -2.09. The maximum Gasteiger partial charge on any atom is 0.339 e. The van der Waals surface area contributed by atoms with Crippen LogP contribution in [0.1, 0.15) is 30.1 Å². The van der Waals surface area contributed by atoms with E-state index in [2.05, 4.69) is 0 Å². The molecule has 0 saturated heterocycles. The zero-order chi connectivity index (χ0) is 10.4. The summed E-state index contributed by atoms with van der Waals surface area (Å²) in [7, 11) is 0. The molecule has 1 aromatic carbocycles. The minimum atomic E-state index is -0.521. The molecule has 1 rings (SSSR count). The largest absolute Gasteiger partial charge is 0.442 e. The van der Waals surface area contributed by atoms with E-state index < -0.39 is 5.56 Å². The molecule has 1 aromatic rings. The fraction of sp³-hybridized carbons (Fsp3) is 0.364. The van der Waals surface area contributed by atoms with Crippen molar-refractivity contribution in [3.05, 3.63) is 35.9 Å². The van der Waals surface area contributed by atoms with Gasteiger partial charge in [-0.25, -0.2) is 4.79 Å². The molecule has 0 radical (unpaired) electrons. The molecule has 76 valence electrons. The zero-order valence-electron chi connectivity index (χ0n) is 8.07. The normalized spacial score (nSPS) is 12.1. The highest BCUT2D eigenvalue weighted by molar-refractivity contribution is 6.20. The molecular weight excluding hydrogens is 200 g/mol. The first-order valence-electron chi connectivity index (χ1n) is 4.64. The molecule has 1 atom stereocenters. The van der Waals surface area contributed by atoms with Crippen molar-refractivity contribution in [1.82, 2.24) is 0 Å². The maximum absolute atomic E-state index is 11.4. The molecule has 0 amide bonds. The third kappa shape index (κ3) is 3.38. The Labute approximate surface area is 88.8 Å². The van der Waals surface area contributed by atoms with E-state index in [1.165, 1.54) is 0 Å². The average molecular weight is 213 g/mol. The Balaban J connectivity index is 2.51. The predicted molar refractivity (Wildman–Crippen MR) is 56.4 cm³/mol. The van der Waals surface area contributed by atoms with Gasteiger partial charge in [-0.1, -0.05) is 43.1 Å². The van der Waals surface area contributed by atoms with Gasteiger partial charge in [-0.05, 0) is 18.6 Å². The highest BCUT2D eigenvalue weighted by atomic mass is 35.5. The third-order valence-electron chi connectivity index (χ3n) is 1.76. The van der Waals surface area contributed by atoms with Gasteiger partial charge in [0.2, 0.25) is 0 Å². The summed E-state index contributed by atoms with van der Waals surface area (Å²) in [5.74, 6) is -0.362. The number of halogens is 1. The zero-order valence-corrected chi connectivity index (χ0v) is 8.83. The highest BCUT2D eigenvalue weighted by Crippen LogP contribution is 2.10. The molecule has 3 heteroatoms. The fourth-order valence-corrected chi connectivity index (χ4v) is 1.34. The molecule has 14 heavy (non-hydrogen) atoms. The van der Waals surface area contributed by atoms with E-state index in [1.807, 2.05) is 13.0 Å². The molecule has 0 N–H and O–H groups in total. The summed E-state index contributed by atoms with van der Waals surface area (Å²) in [5.41, 5.74) is 0.0157. The topological polar surface area (TPSA) is 26.3 Å². The Kier molecular flexibility index (Phi) is 4.47. The number of alkyl halides is 1. The molecule has 0 aliphatic heterocycles. The van der Waals surface area contributed by atoms with E-state index in [4.69, 9.17) is 16.3 Å². The summed E-state index contributed by atoms with van der Waals surface area (Å²) in [4.78, 5) is 11.4. The van der Waals surface area contributed by atoms with Gasteiger partial charge >= 0.3 is 5.97 Å². The molecule has 0 saturated carbocycles. The molecule has 0 bridgehead atoms. The van der Waals surface area contributed by atoms with E-state index in [1.54, 1.807) is 24.3 Å². The van der Waals surface area contributed by atoms with Gasteiger partial charge in [-0.15, -0.1) is 0 Å². The maximum atomic E-state index is 11.4. The van der Waals surface area contributed by atoms with Crippen molar-refractivity contribution in [2.24, 2.45) is 0 Å². The molecule has 0 fully saturated rings. The lowest BCUT2D eigenvalue weighted by Crippen LogP contribution is -2.12. The first kappa shape index (κ1) is 11.1. The SMILES string of the molecule is CCCC(Cl)OC(=O)c1ccccc1. The number of rotatable bonds is 4. The van der Waals surface area contributed by atoms with Crippen LogP contribution in [0.4, 0.5) is 0 Å². The van der Waals surface area contributed by atoms with E-state index in [9.17, 15) is 4.79 Å². The standard InChI is InChI=1S/C11H13ClO2/c1-2-6-10(12)14-11(13)9-7-4-3-5-8-9/h3-5,7-8,10H,2,6H2,1H3. The molecule has 0 heterocycles. The van der Waals surface area contributed by atoms with Crippen LogP contribution in [0.15, 0.2) is 30.3 Å². The van der Waals surface area contributed by atoms with Gasteiger partial charge in [0, 0.05) is 0 Å². The van der Waals surface area contributed by atoms with Gasteiger partial charge in [0.15, 0.2) is 5.56 Å². The Morgan fingerprint density at radius 1 is 1.43 bits per heavy atom. The Morgan fingerprint density at radius 3 is 2.64 bits per heavy atom. The summed E-state index contributed by atoms with van der Waals surface area (Å²) >= 11 is 5.78. The summed E-state index contributed by atoms with van der Waals surface area (Å²) in [6.07, 6.45) is 1.58. The van der Waals surface area contributed by atoms with Crippen LogP contribution < -0.4 is 0 Å². The Hall–Kier alpha value is -1.02. The number of hydrogen-bond acceptors (Lipinski definition) is 2. The number of carbonyl (C=O) groups is 1. The van der Waals surface area contributed by atoms with Crippen LogP contribution in [0.5, 0.6) is 0 Å². The summed E-state index contributed by atoms with van der Waals surface area (Å²) in [6.45, 7) is 1.99. The van der Waals surface area contributed by atoms with Crippen LogP contribution in [0.2, 0.25) is 0 Å². The molecule has 0 aliphatic rings. The number of carbonyl (C=O) groups excluding carboxylic acids is 1. The minimum Gasteiger partial charge on any atom is -0.442 e. The van der Waals surface area contributed by atoms with Gasteiger partial charge in [0.1, 0.15) is 0 Å². The van der Waals surface area contributed by atoms with Crippen molar-refractivity contribution in [2.75, 3.05) is 0 Å². The minimum absolute atomic E-state index is 0.362. The molecule has 0 aliphatic carbocycles. The number of benzene rings is 1. The molecule has 2 nitrogen and oxygen atoms in total. The predicted octanol–water partition coefficient (Wildman–Crippen LogP) is 3.21. The molecule has 1 unspecified atom stereocenters. The Bertz CT molecular complexity index is 285. The van der Waals surface area contributed by atoms with Crippen molar-refractivity contribution in [1.29, 1.82) is 0 Å². The summed E-state index contributed by atoms with van der Waals surface area (Å²) in [5, 5.41) is 0. The second-order valence-corrected chi connectivity index (χ2v) is 3.46. The van der Waals surface area contributed by atoms with Gasteiger partial charge < -0.3 is 4.74 Å². The molecule has 0 spiro atoms. The molecule has 0 aromatic heterocycles. The first-order chi connectivity index (χ1) is 6.74. The summed E-state index contributed by atoms with van der Waals surface area (Å²) in [6, 6.07) is 8.84. The first-order valence-corrected chi connectivity index (χ1v) is 5.07. The Morgan fingerprint density at radius 2 is 2.07 bits per heavy atom. The second kappa shape index (κ2) is 5.66. The van der Waals surface area contributed by atoms with Gasteiger partial charge in [0.25, 0.3) is 0 Å². The van der Waals surface area contributed by atoms with Gasteiger partial charge in [-0.2, -0.15) is 0 Å². The van der Waals surface area contributed by atoms with Crippen molar-refractivity contribution < 1.29 is 9.53 Å². The third-order valence-corrected chi connectivity index (χ3v) is 2.07. The van der Waals surface area contributed by atoms with Crippen molar-refractivity contribution in [2.45, 2.75) is 25.3 Å². The van der Waals surface area contributed by atoms with Crippen LogP contribution >= 0.6 is 11.6 Å². The van der Waals surface area contributed by atoms with Gasteiger partial charge in [-0.3, -0.25) is 0 Å². The number of esters is 1. The van der Waals surface area contributed by atoms with E-state index >= 15 is 0 Å². The second-order valence-electron chi connectivity index (χ2n) is 2.97. The molecular formula is C11H13ClO2. The van der Waals surface area contributed by atoms with Crippen molar-refractivity contribution in [3.8, 4) is 0 Å². The number of ether oxygens (including phenoxy) is 1.